The fraction of sp³-hybridized carbons (Fsp3) is 0.0600. The molecule has 0 aliphatic carbocycles. The summed E-state index contributed by atoms with van der Waals surface area (Å²) in [4.78, 5) is 5.01. The summed E-state index contributed by atoms with van der Waals surface area (Å²) in [6, 6.07) is 66.0. The van der Waals surface area contributed by atoms with Gasteiger partial charge in [-0.1, -0.05) is 172 Å². The Bertz CT molecular complexity index is 2670. The van der Waals surface area contributed by atoms with Gasteiger partial charge in [-0.3, -0.25) is 4.98 Å². The van der Waals surface area contributed by atoms with Gasteiger partial charge in [0.2, 0.25) is 0 Å². The fourth-order valence-electron chi connectivity index (χ4n) is 7.67. The molecule has 1 aromatic heterocycles. The summed E-state index contributed by atoms with van der Waals surface area (Å²) in [7, 11) is 0. The van der Waals surface area contributed by atoms with Crippen molar-refractivity contribution >= 4 is 32.3 Å². The molecule has 0 radical (unpaired) electrons. The summed E-state index contributed by atoms with van der Waals surface area (Å²) in [5.41, 5.74) is 11.8. The van der Waals surface area contributed by atoms with Crippen LogP contribution in [0.15, 0.2) is 188 Å². The summed E-state index contributed by atoms with van der Waals surface area (Å²) in [6.07, 6.45) is 2.05. The van der Waals surface area contributed by atoms with E-state index in [1.165, 1.54) is 76.8 Å². The highest BCUT2D eigenvalue weighted by Gasteiger charge is 2.22. The Hall–Kier alpha value is -6.31. The maximum atomic E-state index is 5.01. The molecule has 0 bridgehead atoms. The van der Waals surface area contributed by atoms with Gasteiger partial charge in [0.25, 0.3) is 0 Å². The minimum atomic E-state index is -0.0625. The molecule has 8 aromatic carbocycles. The van der Waals surface area contributed by atoms with Gasteiger partial charge in [-0.15, -0.1) is 0 Å². The summed E-state index contributed by atoms with van der Waals surface area (Å²) < 4.78 is 0. The van der Waals surface area contributed by atoms with E-state index in [0.29, 0.717) is 0 Å². The Labute approximate surface area is 299 Å². The summed E-state index contributed by atoms with van der Waals surface area (Å²) in [5.74, 6) is 0. The first-order chi connectivity index (χ1) is 25.0. The lowest BCUT2D eigenvalue weighted by Gasteiger charge is -2.26. The van der Waals surface area contributed by atoms with Crippen molar-refractivity contribution in [2.75, 3.05) is 0 Å². The van der Waals surface area contributed by atoms with Gasteiger partial charge in [0.05, 0.1) is 5.69 Å². The van der Waals surface area contributed by atoms with Gasteiger partial charge in [-0.2, -0.15) is 0 Å². The first-order valence-electron chi connectivity index (χ1n) is 17.7. The normalized spacial score (nSPS) is 11.7. The fourth-order valence-corrected chi connectivity index (χ4v) is 7.67. The monoisotopic (exact) mass is 651 g/mol. The van der Waals surface area contributed by atoms with E-state index in [9.17, 15) is 0 Å². The lowest BCUT2D eigenvalue weighted by atomic mass is 9.78. The van der Waals surface area contributed by atoms with Crippen molar-refractivity contribution in [2.45, 2.75) is 19.3 Å². The molecule has 1 heterocycles. The number of aromatic nitrogens is 1. The highest BCUT2D eigenvalue weighted by molar-refractivity contribution is 6.25. The van der Waals surface area contributed by atoms with E-state index >= 15 is 0 Å². The molecule has 0 aliphatic heterocycles. The average Bonchev–Trinajstić information content (AvgIpc) is 3.21. The number of fused-ring (bicyclic) bond motifs is 6. The van der Waals surface area contributed by atoms with Crippen molar-refractivity contribution in [3.8, 4) is 44.6 Å². The van der Waals surface area contributed by atoms with Crippen LogP contribution in [0.25, 0.3) is 77.0 Å². The second-order valence-electron chi connectivity index (χ2n) is 14.0. The molecule has 0 saturated heterocycles. The molecule has 9 rings (SSSR count). The molecule has 0 amide bonds. The van der Waals surface area contributed by atoms with Gasteiger partial charge in [-0.25, -0.2) is 0 Å². The van der Waals surface area contributed by atoms with Gasteiger partial charge in [0.1, 0.15) is 0 Å². The van der Waals surface area contributed by atoms with Gasteiger partial charge >= 0.3 is 0 Å². The van der Waals surface area contributed by atoms with Crippen LogP contribution in [0.3, 0.4) is 0 Å². The Morgan fingerprint density at radius 2 is 0.725 bits per heavy atom. The van der Waals surface area contributed by atoms with E-state index in [1.807, 2.05) is 0 Å². The highest BCUT2D eigenvalue weighted by atomic mass is 14.7. The molecule has 9 aromatic rings. The average molecular weight is 652 g/mol. The molecule has 1 heteroatoms. The smallest absolute Gasteiger partial charge is 0.0708 e. The molecule has 0 fully saturated rings. The Morgan fingerprint density at radius 3 is 1.27 bits per heavy atom. The third-order valence-electron chi connectivity index (χ3n) is 10.6. The molecule has 0 aliphatic rings. The zero-order valence-electron chi connectivity index (χ0n) is 28.8. The van der Waals surface area contributed by atoms with Crippen LogP contribution in [0, 0.1) is 0 Å². The largest absolute Gasteiger partial charge is 0.256 e. The lowest BCUT2D eigenvalue weighted by molar-refractivity contribution is 0.641. The van der Waals surface area contributed by atoms with Crippen molar-refractivity contribution in [3.05, 3.63) is 199 Å². The second-order valence-corrected chi connectivity index (χ2v) is 14.0. The third kappa shape index (κ3) is 5.58. The van der Waals surface area contributed by atoms with Crippen LogP contribution >= 0.6 is 0 Å². The van der Waals surface area contributed by atoms with Crippen molar-refractivity contribution in [1.29, 1.82) is 0 Å². The van der Waals surface area contributed by atoms with Gasteiger partial charge in [0, 0.05) is 22.6 Å². The molecule has 51 heavy (non-hydrogen) atoms. The van der Waals surface area contributed by atoms with E-state index in [-0.39, 0.29) is 5.41 Å². The maximum Gasteiger partial charge on any atom is 0.0708 e. The minimum absolute atomic E-state index is 0.0625. The summed E-state index contributed by atoms with van der Waals surface area (Å²) in [5, 5.41) is 7.46. The second kappa shape index (κ2) is 12.5. The third-order valence-corrected chi connectivity index (χ3v) is 10.6. The van der Waals surface area contributed by atoms with Crippen LogP contribution in [0.2, 0.25) is 0 Å². The van der Waals surface area contributed by atoms with Crippen LogP contribution in [0.5, 0.6) is 0 Å². The van der Waals surface area contributed by atoms with Crippen LogP contribution in [0.1, 0.15) is 25.0 Å². The van der Waals surface area contributed by atoms with Gasteiger partial charge in [-0.05, 0) is 95.7 Å². The van der Waals surface area contributed by atoms with E-state index in [1.54, 1.807) is 0 Å². The number of rotatable bonds is 6. The molecule has 242 valence electrons. The molecule has 0 unspecified atom stereocenters. The number of hydrogen-bond acceptors (Lipinski definition) is 1. The van der Waals surface area contributed by atoms with E-state index < -0.39 is 0 Å². The number of benzene rings is 8. The van der Waals surface area contributed by atoms with Crippen molar-refractivity contribution < 1.29 is 0 Å². The Morgan fingerprint density at radius 1 is 0.314 bits per heavy atom. The minimum Gasteiger partial charge on any atom is -0.256 e. The van der Waals surface area contributed by atoms with Gasteiger partial charge in [0.15, 0.2) is 0 Å². The van der Waals surface area contributed by atoms with E-state index in [0.717, 1.165) is 11.3 Å². The molecular formula is C50H37N. The van der Waals surface area contributed by atoms with Crippen molar-refractivity contribution in [3.63, 3.8) is 0 Å². The zero-order valence-corrected chi connectivity index (χ0v) is 28.8. The topological polar surface area (TPSA) is 12.9 Å². The molecule has 0 spiro atoms. The van der Waals surface area contributed by atoms with E-state index in [4.69, 9.17) is 4.98 Å². The van der Waals surface area contributed by atoms with Crippen LogP contribution in [-0.4, -0.2) is 4.98 Å². The van der Waals surface area contributed by atoms with Crippen LogP contribution in [-0.2, 0) is 5.41 Å². The molecular weight excluding hydrogens is 615 g/mol. The molecule has 1 nitrogen and oxygen atoms in total. The summed E-state index contributed by atoms with van der Waals surface area (Å²) >= 11 is 0. The van der Waals surface area contributed by atoms with Crippen LogP contribution in [0.4, 0.5) is 0 Å². The Balaban J connectivity index is 1.03. The van der Waals surface area contributed by atoms with Crippen molar-refractivity contribution in [2.24, 2.45) is 0 Å². The number of nitrogens with zero attached hydrogens (tertiary/aromatic N) is 1. The molecule has 0 saturated carbocycles. The predicted molar refractivity (Wildman–Crippen MR) is 217 cm³/mol. The number of hydrogen-bond donors (Lipinski definition) is 0. The first kappa shape index (κ1) is 30.7. The molecule has 0 atom stereocenters. The highest BCUT2D eigenvalue weighted by Crippen LogP contribution is 2.38. The first-order valence-corrected chi connectivity index (χ1v) is 17.7. The van der Waals surface area contributed by atoms with Gasteiger partial charge < -0.3 is 0 Å². The lowest BCUT2D eigenvalue weighted by Crippen LogP contribution is -2.18. The standard InChI is InChI=1S/C50H37N/c1-50(2,41-19-4-3-5-20-41)42-27-25-34(26-28-42)35-13-10-14-36(29-35)37-15-11-16-38(30-37)39-17-12-18-40(31-39)49-32-47-45-23-8-6-21-43(45)44-22-7-9-24-46(44)48(47)33-51-49/h3-33H,1-2H3. The van der Waals surface area contributed by atoms with Crippen molar-refractivity contribution in [1.82, 2.24) is 4.98 Å². The number of pyridine rings is 1. The zero-order chi connectivity index (χ0) is 34.4. The predicted octanol–water partition coefficient (Wildman–Crippen LogP) is 13.5. The maximum absolute atomic E-state index is 5.01. The Kier molecular flexibility index (Phi) is 7.55. The molecule has 0 N–H and O–H groups in total. The van der Waals surface area contributed by atoms with Crippen LogP contribution < -0.4 is 0 Å². The van der Waals surface area contributed by atoms with E-state index in [2.05, 4.69) is 202 Å². The quantitative estimate of drug-likeness (QED) is 0.163. The summed E-state index contributed by atoms with van der Waals surface area (Å²) in [6.45, 7) is 4.59. The SMILES string of the molecule is CC(C)(c1ccccc1)c1ccc(-c2cccc(-c3cccc(-c4cccc(-c5cc6c7ccccc7c7ccccc7c6cn5)c4)c3)c2)cc1.